The van der Waals surface area contributed by atoms with Crippen LogP contribution in [0.4, 0.5) is 11.4 Å². The third kappa shape index (κ3) is 2.89. The van der Waals surface area contributed by atoms with E-state index in [1.165, 1.54) is 24.7 Å². The molecule has 0 radical (unpaired) electrons. The highest BCUT2D eigenvalue weighted by atomic mass is 16.6. The van der Waals surface area contributed by atoms with E-state index in [-0.39, 0.29) is 23.5 Å². The van der Waals surface area contributed by atoms with Gasteiger partial charge in [0.1, 0.15) is 0 Å². The lowest BCUT2D eigenvalue weighted by Gasteiger charge is -2.06. The second kappa shape index (κ2) is 5.21. The minimum Gasteiger partial charge on any atom is -0.472 e. The third-order valence-electron chi connectivity index (χ3n) is 2.53. The van der Waals surface area contributed by atoms with Crippen molar-refractivity contribution in [3.05, 3.63) is 58.0 Å². The minimum atomic E-state index is -0.577. The monoisotopic (exact) mass is 261 g/mol. The number of amides is 1. The first kappa shape index (κ1) is 12.6. The van der Waals surface area contributed by atoms with Gasteiger partial charge in [0.15, 0.2) is 0 Å². The van der Waals surface area contributed by atoms with Gasteiger partial charge in [0, 0.05) is 29.9 Å². The Morgan fingerprint density at radius 3 is 2.84 bits per heavy atom. The van der Waals surface area contributed by atoms with Crippen LogP contribution in [-0.4, -0.2) is 10.8 Å². The SMILES string of the molecule is Nc1ccc([N+](=O)[O-])cc1C(=O)NCc1ccoc1. The number of benzene rings is 1. The molecule has 0 aliphatic heterocycles. The number of hydrogen-bond acceptors (Lipinski definition) is 5. The largest absolute Gasteiger partial charge is 0.472 e. The predicted molar refractivity (Wildman–Crippen MR) is 67.4 cm³/mol. The van der Waals surface area contributed by atoms with Crippen LogP contribution in [0.1, 0.15) is 15.9 Å². The highest BCUT2D eigenvalue weighted by Crippen LogP contribution is 2.19. The topological polar surface area (TPSA) is 111 Å². The zero-order valence-electron chi connectivity index (χ0n) is 9.83. The molecule has 19 heavy (non-hydrogen) atoms. The third-order valence-corrected chi connectivity index (χ3v) is 2.53. The van der Waals surface area contributed by atoms with Crippen molar-refractivity contribution in [2.24, 2.45) is 0 Å². The number of carbonyl (C=O) groups is 1. The quantitative estimate of drug-likeness (QED) is 0.494. The number of furan rings is 1. The Morgan fingerprint density at radius 1 is 1.42 bits per heavy atom. The molecule has 2 aromatic rings. The predicted octanol–water partition coefficient (Wildman–Crippen LogP) is 1.70. The molecule has 0 aliphatic rings. The molecule has 1 amide bonds. The molecule has 0 fully saturated rings. The van der Waals surface area contributed by atoms with Crippen LogP contribution in [0.3, 0.4) is 0 Å². The number of nitro benzene ring substituents is 1. The van der Waals surface area contributed by atoms with Crippen LogP contribution in [0.15, 0.2) is 41.2 Å². The van der Waals surface area contributed by atoms with Crippen LogP contribution in [0.25, 0.3) is 0 Å². The van der Waals surface area contributed by atoms with Crippen molar-refractivity contribution >= 4 is 17.3 Å². The molecular weight excluding hydrogens is 250 g/mol. The summed E-state index contributed by atoms with van der Waals surface area (Å²) in [6.45, 7) is 0.261. The number of nitrogens with one attached hydrogen (secondary N) is 1. The average molecular weight is 261 g/mol. The number of rotatable bonds is 4. The van der Waals surface area contributed by atoms with Gasteiger partial charge in [-0.15, -0.1) is 0 Å². The first-order valence-corrected chi connectivity index (χ1v) is 5.41. The fourth-order valence-corrected chi connectivity index (χ4v) is 1.53. The number of nitro groups is 1. The molecule has 0 aliphatic carbocycles. The van der Waals surface area contributed by atoms with Gasteiger partial charge in [0.2, 0.25) is 0 Å². The Bertz CT molecular complexity index is 607. The minimum absolute atomic E-state index is 0.0812. The van der Waals surface area contributed by atoms with Crippen LogP contribution in [0.5, 0.6) is 0 Å². The summed E-state index contributed by atoms with van der Waals surface area (Å²) in [5, 5.41) is 13.3. The molecule has 7 heteroatoms. The highest BCUT2D eigenvalue weighted by Gasteiger charge is 2.15. The summed E-state index contributed by atoms with van der Waals surface area (Å²) in [5.41, 5.74) is 6.52. The number of hydrogen-bond donors (Lipinski definition) is 2. The van der Waals surface area contributed by atoms with Gasteiger partial charge in [-0.3, -0.25) is 14.9 Å². The lowest BCUT2D eigenvalue weighted by Crippen LogP contribution is -2.23. The second-order valence-electron chi connectivity index (χ2n) is 3.84. The molecule has 1 aromatic heterocycles. The van der Waals surface area contributed by atoms with Crippen molar-refractivity contribution in [1.82, 2.24) is 5.32 Å². The van der Waals surface area contributed by atoms with Gasteiger partial charge in [-0.25, -0.2) is 0 Å². The molecule has 3 N–H and O–H groups in total. The van der Waals surface area contributed by atoms with Crippen LogP contribution in [0.2, 0.25) is 0 Å². The highest BCUT2D eigenvalue weighted by molar-refractivity contribution is 5.99. The first-order chi connectivity index (χ1) is 9.08. The fourth-order valence-electron chi connectivity index (χ4n) is 1.53. The van der Waals surface area contributed by atoms with Gasteiger partial charge in [0.25, 0.3) is 11.6 Å². The number of carbonyl (C=O) groups excluding carboxylic acids is 1. The second-order valence-corrected chi connectivity index (χ2v) is 3.84. The van der Waals surface area contributed by atoms with Crippen LogP contribution in [-0.2, 0) is 6.54 Å². The van der Waals surface area contributed by atoms with E-state index in [1.54, 1.807) is 6.07 Å². The standard InChI is InChI=1S/C12H11N3O4/c13-11-2-1-9(15(17)18)5-10(11)12(16)14-6-8-3-4-19-7-8/h1-5,7H,6,13H2,(H,14,16). The van der Waals surface area contributed by atoms with Crippen LogP contribution < -0.4 is 11.1 Å². The molecule has 98 valence electrons. The summed E-state index contributed by atoms with van der Waals surface area (Å²) in [4.78, 5) is 22.0. The van der Waals surface area contributed by atoms with Gasteiger partial charge in [-0.05, 0) is 12.1 Å². The van der Waals surface area contributed by atoms with E-state index in [4.69, 9.17) is 10.2 Å². The molecule has 0 bridgehead atoms. The van der Waals surface area contributed by atoms with Crippen molar-refractivity contribution in [3.63, 3.8) is 0 Å². The summed E-state index contributed by atoms with van der Waals surface area (Å²) >= 11 is 0. The fraction of sp³-hybridized carbons (Fsp3) is 0.0833. The average Bonchev–Trinajstić information content (AvgIpc) is 2.89. The van der Waals surface area contributed by atoms with Gasteiger partial charge >= 0.3 is 0 Å². The number of non-ortho nitro benzene ring substituents is 1. The summed E-state index contributed by atoms with van der Waals surface area (Å²) in [6, 6.07) is 5.45. The summed E-state index contributed by atoms with van der Waals surface area (Å²) in [5.74, 6) is -0.470. The zero-order chi connectivity index (χ0) is 13.8. The van der Waals surface area contributed by atoms with E-state index >= 15 is 0 Å². The summed E-state index contributed by atoms with van der Waals surface area (Å²) < 4.78 is 4.86. The van der Waals surface area contributed by atoms with Gasteiger partial charge in [-0.1, -0.05) is 0 Å². The Kier molecular flexibility index (Phi) is 3.46. The molecule has 0 unspecified atom stereocenters. The van der Waals surface area contributed by atoms with Gasteiger partial charge in [-0.2, -0.15) is 0 Å². The lowest BCUT2D eigenvalue weighted by atomic mass is 10.1. The van der Waals surface area contributed by atoms with Crippen molar-refractivity contribution in [3.8, 4) is 0 Å². The number of nitrogens with zero attached hydrogens (tertiary/aromatic N) is 1. The van der Waals surface area contributed by atoms with Crippen LogP contribution >= 0.6 is 0 Å². The van der Waals surface area contributed by atoms with Crippen LogP contribution in [0, 0.1) is 10.1 Å². The van der Waals surface area contributed by atoms with Crippen molar-refractivity contribution in [2.75, 3.05) is 5.73 Å². The number of nitrogen functional groups attached to an aromatic ring is 1. The molecule has 0 atom stereocenters. The maximum atomic E-state index is 11.9. The Morgan fingerprint density at radius 2 is 2.21 bits per heavy atom. The Hall–Kier alpha value is -2.83. The van der Waals surface area contributed by atoms with Gasteiger partial charge < -0.3 is 15.5 Å². The molecule has 0 saturated heterocycles. The lowest BCUT2D eigenvalue weighted by molar-refractivity contribution is -0.384. The van der Waals surface area contributed by atoms with E-state index < -0.39 is 10.8 Å². The Labute approximate surface area is 108 Å². The molecule has 1 heterocycles. The van der Waals surface area contributed by atoms with Crippen molar-refractivity contribution < 1.29 is 14.1 Å². The van der Waals surface area contributed by atoms with Crippen molar-refractivity contribution in [2.45, 2.75) is 6.54 Å². The van der Waals surface area contributed by atoms with E-state index in [0.717, 1.165) is 11.6 Å². The van der Waals surface area contributed by atoms with E-state index in [9.17, 15) is 14.9 Å². The summed E-state index contributed by atoms with van der Waals surface area (Å²) in [7, 11) is 0. The molecular formula is C12H11N3O4. The van der Waals surface area contributed by atoms with Crippen molar-refractivity contribution in [1.29, 1.82) is 0 Å². The normalized spacial score (nSPS) is 10.1. The zero-order valence-corrected chi connectivity index (χ0v) is 9.83. The summed E-state index contributed by atoms with van der Waals surface area (Å²) in [6.07, 6.45) is 2.99. The van der Waals surface area contributed by atoms with Gasteiger partial charge in [0.05, 0.1) is 23.0 Å². The molecule has 7 nitrogen and oxygen atoms in total. The molecule has 2 rings (SSSR count). The molecule has 0 saturated carbocycles. The Balaban J connectivity index is 2.14. The number of anilines is 1. The van der Waals surface area contributed by atoms with E-state index in [1.807, 2.05) is 0 Å². The molecule has 1 aromatic carbocycles. The van der Waals surface area contributed by atoms with E-state index in [0.29, 0.717) is 0 Å². The molecule has 0 spiro atoms. The maximum Gasteiger partial charge on any atom is 0.270 e. The van der Waals surface area contributed by atoms with E-state index in [2.05, 4.69) is 5.32 Å². The smallest absolute Gasteiger partial charge is 0.270 e. The first-order valence-electron chi connectivity index (χ1n) is 5.41. The maximum absolute atomic E-state index is 11.9. The number of nitrogens with two attached hydrogens (primary N) is 1.